The molecule has 13 heavy (non-hydrogen) atoms. The van der Waals surface area contributed by atoms with Gasteiger partial charge in [-0.25, -0.2) is 0 Å². The van der Waals surface area contributed by atoms with Crippen molar-refractivity contribution < 1.29 is 9.32 Å². The molecule has 1 aromatic rings. The number of rotatable bonds is 4. The number of primary amides is 1. The lowest BCUT2D eigenvalue weighted by atomic mass is 10.0. The highest BCUT2D eigenvalue weighted by atomic mass is 16.5. The van der Waals surface area contributed by atoms with Crippen molar-refractivity contribution in [1.29, 1.82) is 0 Å². The summed E-state index contributed by atoms with van der Waals surface area (Å²) in [6.45, 7) is 4.22. The lowest BCUT2D eigenvalue weighted by molar-refractivity contribution is 0.0991. The van der Waals surface area contributed by atoms with Gasteiger partial charge in [-0.1, -0.05) is 25.4 Å². The number of amides is 1. The first-order valence-electron chi connectivity index (χ1n) is 4.38. The molecule has 4 nitrogen and oxygen atoms in total. The average molecular weight is 182 g/mol. The van der Waals surface area contributed by atoms with Gasteiger partial charge < -0.3 is 10.3 Å². The van der Waals surface area contributed by atoms with E-state index in [2.05, 4.69) is 19.0 Å². The molecule has 1 heterocycles. The number of carbonyl (C=O) groups is 1. The summed E-state index contributed by atoms with van der Waals surface area (Å²) in [6, 6.07) is 1.61. The van der Waals surface area contributed by atoms with Gasteiger partial charge in [-0.15, -0.1) is 0 Å². The lowest BCUT2D eigenvalue weighted by Gasteiger charge is -2.02. The van der Waals surface area contributed by atoms with Crippen molar-refractivity contribution in [3.8, 4) is 0 Å². The van der Waals surface area contributed by atoms with E-state index < -0.39 is 5.91 Å². The number of hydrogen-bond acceptors (Lipinski definition) is 3. The van der Waals surface area contributed by atoms with Crippen LogP contribution >= 0.6 is 0 Å². The molecule has 1 aromatic heterocycles. The molecule has 0 aliphatic rings. The van der Waals surface area contributed by atoms with E-state index in [0.717, 1.165) is 18.6 Å². The molecule has 1 unspecified atom stereocenters. The predicted molar refractivity (Wildman–Crippen MR) is 48.2 cm³/mol. The van der Waals surface area contributed by atoms with E-state index in [1.165, 1.54) is 0 Å². The Balaban J connectivity index is 2.64. The lowest BCUT2D eigenvalue weighted by Crippen LogP contribution is -2.10. The van der Waals surface area contributed by atoms with Gasteiger partial charge in [0, 0.05) is 12.5 Å². The third kappa shape index (κ3) is 2.57. The van der Waals surface area contributed by atoms with Gasteiger partial charge >= 0.3 is 0 Å². The summed E-state index contributed by atoms with van der Waals surface area (Å²) in [6.07, 6.45) is 1.88. The van der Waals surface area contributed by atoms with Crippen molar-refractivity contribution in [3.63, 3.8) is 0 Å². The number of nitrogens with zero attached hydrogens (tertiary/aromatic N) is 1. The molecule has 0 radical (unpaired) electrons. The number of hydrogen-bond donors (Lipinski definition) is 1. The predicted octanol–water partition coefficient (Wildman–Crippen LogP) is 1.36. The molecule has 1 rings (SSSR count). The molecule has 0 fully saturated rings. The topological polar surface area (TPSA) is 69.1 Å². The second-order valence-corrected chi connectivity index (χ2v) is 3.26. The van der Waals surface area contributed by atoms with Crippen molar-refractivity contribution in [3.05, 3.63) is 17.5 Å². The Labute approximate surface area is 77.1 Å². The minimum Gasteiger partial charge on any atom is -0.364 e. The van der Waals surface area contributed by atoms with Crippen molar-refractivity contribution in [2.75, 3.05) is 0 Å². The first-order chi connectivity index (χ1) is 6.13. The highest BCUT2D eigenvalue weighted by Gasteiger charge is 2.10. The summed E-state index contributed by atoms with van der Waals surface area (Å²) in [5, 5.41) is 3.55. The van der Waals surface area contributed by atoms with Gasteiger partial charge in [0.15, 0.2) is 5.69 Å². The van der Waals surface area contributed by atoms with E-state index in [1.807, 2.05) is 0 Å². The van der Waals surface area contributed by atoms with Crippen molar-refractivity contribution >= 4 is 5.91 Å². The molecule has 72 valence electrons. The quantitative estimate of drug-likeness (QED) is 0.764. The molecule has 0 aliphatic carbocycles. The highest BCUT2D eigenvalue weighted by molar-refractivity contribution is 5.90. The smallest absolute Gasteiger partial charge is 0.270 e. The molecular weight excluding hydrogens is 168 g/mol. The number of nitrogens with two attached hydrogens (primary N) is 1. The third-order valence-electron chi connectivity index (χ3n) is 2.06. The van der Waals surface area contributed by atoms with Gasteiger partial charge in [-0.05, 0) is 5.92 Å². The van der Waals surface area contributed by atoms with E-state index in [0.29, 0.717) is 5.92 Å². The Morgan fingerprint density at radius 2 is 2.46 bits per heavy atom. The fourth-order valence-electron chi connectivity index (χ4n) is 1.01. The normalized spacial score (nSPS) is 12.8. The molecule has 0 saturated heterocycles. The van der Waals surface area contributed by atoms with Crippen LogP contribution in [0.1, 0.15) is 36.5 Å². The summed E-state index contributed by atoms with van der Waals surface area (Å²) in [4.78, 5) is 10.7. The van der Waals surface area contributed by atoms with Gasteiger partial charge in [-0.2, -0.15) is 0 Å². The summed E-state index contributed by atoms with van der Waals surface area (Å²) in [7, 11) is 0. The Hall–Kier alpha value is -1.32. The Morgan fingerprint density at radius 3 is 2.92 bits per heavy atom. The number of carbonyl (C=O) groups excluding carboxylic acids is 1. The average Bonchev–Trinajstić information content (AvgIpc) is 2.52. The van der Waals surface area contributed by atoms with Crippen molar-refractivity contribution in [1.82, 2.24) is 5.16 Å². The first-order valence-corrected chi connectivity index (χ1v) is 4.38. The van der Waals surface area contributed by atoms with Crippen LogP contribution in [0.4, 0.5) is 0 Å². The second-order valence-electron chi connectivity index (χ2n) is 3.26. The minimum atomic E-state index is -0.542. The van der Waals surface area contributed by atoms with Gasteiger partial charge in [-0.3, -0.25) is 4.79 Å². The summed E-state index contributed by atoms with van der Waals surface area (Å²) in [5.74, 6) is 0.718. The standard InChI is InChI=1S/C9H14N2O2/c1-3-6(2)4-7-5-8(9(10)12)11-13-7/h5-6H,3-4H2,1-2H3,(H2,10,12). The van der Waals surface area contributed by atoms with Crippen molar-refractivity contribution in [2.45, 2.75) is 26.7 Å². The Morgan fingerprint density at radius 1 is 1.77 bits per heavy atom. The van der Waals surface area contributed by atoms with Gasteiger partial charge in [0.2, 0.25) is 0 Å². The summed E-state index contributed by atoms with van der Waals surface area (Å²) < 4.78 is 4.95. The van der Waals surface area contributed by atoms with Crippen LogP contribution in [0, 0.1) is 5.92 Å². The molecule has 0 saturated carbocycles. The van der Waals surface area contributed by atoms with Gasteiger partial charge in [0.25, 0.3) is 5.91 Å². The summed E-state index contributed by atoms with van der Waals surface area (Å²) >= 11 is 0. The van der Waals surface area contributed by atoms with Crippen LogP contribution in [0.25, 0.3) is 0 Å². The molecule has 2 N–H and O–H groups in total. The van der Waals surface area contributed by atoms with E-state index in [9.17, 15) is 4.79 Å². The van der Waals surface area contributed by atoms with Crippen LogP contribution < -0.4 is 5.73 Å². The Kier molecular flexibility index (Phi) is 3.06. The zero-order valence-corrected chi connectivity index (χ0v) is 7.91. The maximum atomic E-state index is 10.7. The SMILES string of the molecule is CCC(C)Cc1cc(C(N)=O)no1. The highest BCUT2D eigenvalue weighted by Crippen LogP contribution is 2.12. The second kappa shape index (κ2) is 4.07. The molecule has 0 aliphatic heterocycles. The summed E-state index contributed by atoms with van der Waals surface area (Å²) in [5.41, 5.74) is 5.24. The van der Waals surface area contributed by atoms with Crippen LogP contribution in [0.5, 0.6) is 0 Å². The zero-order valence-electron chi connectivity index (χ0n) is 7.91. The van der Waals surface area contributed by atoms with Crippen LogP contribution in [0.15, 0.2) is 10.6 Å². The fraction of sp³-hybridized carbons (Fsp3) is 0.556. The molecule has 0 bridgehead atoms. The third-order valence-corrected chi connectivity index (χ3v) is 2.06. The molecule has 0 aromatic carbocycles. The van der Waals surface area contributed by atoms with E-state index in [1.54, 1.807) is 6.07 Å². The largest absolute Gasteiger partial charge is 0.364 e. The van der Waals surface area contributed by atoms with Crippen LogP contribution in [0.3, 0.4) is 0 Å². The first kappa shape index (κ1) is 9.77. The van der Waals surface area contributed by atoms with E-state index in [-0.39, 0.29) is 5.69 Å². The molecule has 0 spiro atoms. The van der Waals surface area contributed by atoms with Crippen LogP contribution in [-0.2, 0) is 6.42 Å². The van der Waals surface area contributed by atoms with E-state index in [4.69, 9.17) is 10.3 Å². The molecule has 1 amide bonds. The van der Waals surface area contributed by atoms with Gasteiger partial charge in [0.05, 0.1) is 0 Å². The molecule has 1 atom stereocenters. The number of aromatic nitrogens is 1. The van der Waals surface area contributed by atoms with Gasteiger partial charge in [0.1, 0.15) is 5.76 Å². The maximum Gasteiger partial charge on any atom is 0.270 e. The van der Waals surface area contributed by atoms with E-state index >= 15 is 0 Å². The monoisotopic (exact) mass is 182 g/mol. The van der Waals surface area contributed by atoms with Crippen LogP contribution in [-0.4, -0.2) is 11.1 Å². The zero-order chi connectivity index (χ0) is 9.84. The maximum absolute atomic E-state index is 10.7. The fourth-order valence-corrected chi connectivity index (χ4v) is 1.01. The molecular formula is C9H14N2O2. The van der Waals surface area contributed by atoms with Crippen LogP contribution in [0.2, 0.25) is 0 Å². The molecule has 4 heteroatoms. The van der Waals surface area contributed by atoms with Crippen molar-refractivity contribution in [2.24, 2.45) is 11.7 Å². The Bertz CT molecular complexity index is 294. The minimum absolute atomic E-state index is 0.207.